The van der Waals surface area contributed by atoms with Crippen molar-refractivity contribution in [3.8, 4) is 0 Å². The van der Waals surface area contributed by atoms with E-state index in [2.05, 4.69) is 41.4 Å². The molecule has 2 nitrogen and oxygen atoms in total. The van der Waals surface area contributed by atoms with Crippen molar-refractivity contribution in [3.05, 3.63) is 24.3 Å². The Morgan fingerprint density at radius 1 is 1.21 bits per heavy atom. The summed E-state index contributed by atoms with van der Waals surface area (Å²) in [6, 6.07) is 0.623. The smallest absolute Gasteiger partial charge is 0.124 e. The molecule has 0 amide bonds. The number of ether oxygens (including phenoxy) is 1. The highest BCUT2D eigenvalue weighted by Gasteiger charge is 2.37. The largest absolute Gasteiger partial charge is 0.358 e. The van der Waals surface area contributed by atoms with Crippen molar-refractivity contribution in [2.75, 3.05) is 6.61 Å². The van der Waals surface area contributed by atoms with Crippen LogP contribution < -0.4 is 5.32 Å². The molecule has 2 heterocycles. The Morgan fingerprint density at radius 3 is 3.14 bits per heavy atom. The molecule has 2 aliphatic heterocycles. The molecule has 1 saturated heterocycles. The number of allylic oxidation sites excluding steroid dienone is 1. The molecule has 0 bridgehead atoms. The molecule has 0 saturated carbocycles. The second-order valence-corrected chi connectivity index (χ2v) is 5.46. The van der Waals surface area contributed by atoms with Gasteiger partial charge in [0.2, 0.25) is 0 Å². The first-order chi connectivity index (χ1) is 6.93. The fourth-order valence-electron chi connectivity index (χ4n) is 2.33. The van der Waals surface area contributed by atoms with Gasteiger partial charge in [0, 0.05) is 11.3 Å². The highest BCUT2D eigenvalue weighted by atomic mass is 32.2. The molecule has 0 aromatic rings. The van der Waals surface area contributed by atoms with Crippen LogP contribution in [0.4, 0.5) is 0 Å². The molecule has 3 rings (SSSR count). The van der Waals surface area contributed by atoms with Gasteiger partial charge < -0.3 is 4.74 Å². The lowest BCUT2D eigenvalue weighted by atomic mass is 10.0. The maximum atomic E-state index is 5.69. The zero-order valence-electron chi connectivity index (χ0n) is 8.06. The first-order valence-electron chi connectivity index (χ1n) is 5.28. The van der Waals surface area contributed by atoms with Gasteiger partial charge in [-0.15, -0.1) is 11.8 Å². The van der Waals surface area contributed by atoms with E-state index in [4.69, 9.17) is 4.74 Å². The lowest BCUT2D eigenvalue weighted by molar-refractivity contribution is 0.0327. The standard InChI is InChI=1S/C11H15NOS/c1-2-5-9-8(4-1)12-11-10(14-9)6-3-7-13-11/h1-3,6,8-12H,4-5,7H2. The molecule has 14 heavy (non-hydrogen) atoms. The predicted molar refractivity (Wildman–Crippen MR) is 59.3 cm³/mol. The van der Waals surface area contributed by atoms with Gasteiger partial charge in [0.05, 0.1) is 11.9 Å². The van der Waals surface area contributed by atoms with E-state index in [1.54, 1.807) is 0 Å². The predicted octanol–water partition coefficient (Wildman–Crippen LogP) is 1.69. The molecule has 0 aromatic carbocycles. The Hall–Kier alpha value is -0.250. The second-order valence-electron chi connectivity index (χ2n) is 4.04. The minimum atomic E-state index is 0.248. The average Bonchev–Trinajstić information content (AvgIpc) is 2.26. The van der Waals surface area contributed by atoms with Gasteiger partial charge in [-0.2, -0.15) is 0 Å². The topological polar surface area (TPSA) is 21.3 Å². The van der Waals surface area contributed by atoms with E-state index < -0.39 is 0 Å². The second kappa shape index (κ2) is 3.72. The maximum absolute atomic E-state index is 5.69. The molecule has 0 radical (unpaired) electrons. The van der Waals surface area contributed by atoms with Crippen LogP contribution in [-0.4, -0.2) is 29.4 Å². The van der Waals surface area contributed by atoms with Gasteiger partial charge in [-0.05, 0) is 12.8 Å². The highest BCUT2D eigenvalue weighted by molar-refractivity contribution is 8.00. The summed E-state index contributed by atoms with van der Waals surface area (Å²) >= 11 is 2.07. The number of nitrogens with one attached hydrogen (secondary N) is 1. The third-order valence-electron chi connectivity index (χ3n) is 3.08. The summed E-state index contributed by atoms with van der Waals surface area (Å²) in [5, 5.41) is 4.88. The van der Waals surface area contributed by atoms with Crippen LogP contribution in [0.1, 0.15) is 12.8 Å². The fourth-order valence-corrected chi connectivity index (χ4v) is 3.84. The molecule has 1 N–H and O–H groups in total. The number of hydrogen-bond donors (Lipinski definition) is 1. The van der Waals surface area contributed by atoms with E-state index in [1.807, 2.05) is 0 Å². The average molecular weight is 209 g/mol. The normalized spacial score (nSPS) is 45.7. The minimum absolute atomic E-state index is 0.248. The van der Waals surface area contributed by atoms with Crippen LogP contribution in [0.25, 0.3) is 0 Å². The molecular weight excluding hydrogens is 194 g/mol. The van der Waals surface area contributed by atoms with Crippen molar-refractivity contribution in [1.29, 1.82) is 0 Å². The Labute approximate surface area is 88.8 Å². The van der Waals surface area contributed by atoms with Gasteiger partial charge >= 0.3 is 0 Å². The third kappa shape index (κ3) is 1.53. The van der Waals surface area contributed by atoms with E-state index in [1.165, 1.54) is 6.42 Å². The zero-order valence-corrected chi connectivity index (χ0v) is 8.87. The number of rotatable bonds is 0. The van der Waals surface area contributed by atoms with E-state index in [0.29, 0.717) is 11.3 Å². The fraction of sp³-hybridized carbons (Fsp3) is 0.636. The first-order valence-corrected chi connectivity index (χ1v) is 6.22. The molecule has 4 atom stereocenters. The molecule has 76 valence electrons. The number of fused-ring (bicyclic) bond motifs is 2. The summed E-state index contributed by atoms with van der Waals surface area (Å²) in [5.74, 6) is 0. The van der Waals surface area contributed by atoms with Crippen molar-refractivity contribution in [2.24, 2.45) is 0 Å². The number of thioether (sulfide) groups is 1. The van der Waals surface area contributed by atoms with Crippen LogP contribution in [0.15, 0.2) is 24.3 Å². The van der Waals surface area contributed by atoms with Crippen LogP contribution in [0, 0.1) is 0 Å². The molecule has 1 aliphatic carbocycles. The lowest BCUT2D eigenvalue weighted by Crippen LogP contribution is -2.56. The molecule has 0 aromatic heterocycles. The van der Waals surface area contributed by atoms with Gasteiger partial charge in [0.1, 0.15) is 6.23 Å². The highest BCUT2D eigenvalue weighted by Crippen LogP contribution is 2.36. The Morgan fingerprint density at radius 2 is 2.14 bits per heavy atom. The number of hydrogen-bond acceptors (Lipinski definition) is 3. The summed E-state index contributed by atoms with van der Waals surface area (Å²) in [5.41, 5.74) is 0. The van der Waals surface area contributed by atoms with Crippen LogP contribution >= 0.6 is 11.8 Å². The van der Waals surface area contributed by atoms with Crippen LogP contribution in [0.2, 0.25) is 0 Å². The van der Waals surface area contributed by atoms with E-state index in [0.717, 1.165) is 18.3 Å². The SMILES string of the molecule is C1=CC2SC3CC=CCC3NC2OC1. The van der Waals surface area contributed by atoms with E-state index >= 15 is 0 Å². The van der Waals surface area contributed by atoms with E-state index in [9.17, 15) is 0 Å². The van der Waals surface area contributed by atoms with Gasteiger partial charge in [0.15, 0.2) is 0 Å². The molecule has 1 fully saturated rings. The minimum Gasteiger partial charge on any atom is -0.358 e. The summed E-state index contributed by atoms with van der Waals surface area (Å²) in [4.78, 5) is 0. The van der Waals surface area contributed by atoms with Crippen LogP contribution in [-0.2, 0) is 4.74 Å². The monoisotopic (exact) mass is 209 g/mol. The Balaban J connectivity index is 1.77. The summed E-state index contributed by atoms with van der Waals surface area (Å²) in [6.07, 6.45) is 11.6. The first kappa shape index (κ1) is 9.01. The Kier molecular flexibility index (Phi) is 2.39. The van der Waals surface area contributed by atoms with Crippen molar-refractivity contribution < 1.29 is 4.74 Å². The van der Waals surface area contributed by atoms with Crippen molar-refractivity contribution in [1.82, 2.24) is 5.32 Å². The summed E-state index contributed by atoms with van der Waals surface area (Å²) in [6.45, 7) is 0.766. The summed E-state index contributed by atoms with van der Waals surface area (Å²) in [7, 11) is 0. The van der Waals surface area contributed by atoms with Crippen LogP contribution in [0.3, 0.4) is 0 Å². The molecular formula is C11H15NOS. The van der Waals surface area contributed by atoms with Gasteiger partial charge in [-0.1, -0.05) is 24.3 Å². The Bertz CT molecular complexity index is 276. The maximum Gasteiger partial charge on any atom is 0.124 e. The lowest BCUT2D eigenvalue weighted by Gasteiger charge is -2.43. The third-order valence-corrected chi connectivity index (χ3v) is 4.67. The van der Waals surface area contributed by atoms with Crippen molar-refractivity contribution in [3.63, 3.8) is 0 Å². The van der Waals surface area contributed by atoms with Crippen molar-refractivity contribution >= 4 is 11.8 Å². The zero-order chi connectivity index (χ0) is 9.38. The van der Waals surface area contributed by atoms with Gasteiger partial charge in [-0.3, -0.25) is 5.32 Å². The molecule has 4 unspecified atom stereocenters. The van der Waals surface area contributed by atoms with E-state index in [-0.39, 0.29) is 6.23 Å². The molecule has 0 spiro atoms. The van der Waals surface area contributed by atoms with Crippen LogP contribution in [0.5, 0.6) is 0 Å². The quantitative estimate of drug-likeness (QED) is 0.613. The van der Waals surface area contributed by atoms with Gasteiger partial charge in [0.25, 0.3) is 0 Å². The molecule has 3 heteroatoms. The van der Waals surface area contributed by atoms with Crippen molar-refractivity contribution in [2.45, 2.75) is 35.6 Å². The summed E-state index contributed by atoms with van der Waals surface area (Å²) < 4.78 is 5.69. The molecule has 3 aliphatic rings. The van der Waals surface area contributed by atoms with Gasteiger partial charge in [-0.25, -0.2) is 0 Å².